The Morgan fingerprint density at radius 1 is 0.735 bits per heavy atom. The van der Waals surface area contributed by atoms with Crippen molar-refractivity contribution in [1.82, 2.24) is 0 Å². The van der Waals surface area contributed by atoms with Gasteiger partial charge >= 0.3 is 21.3 Å². The molecule has 9 heteroatoms. The van der Waals surface area contributed by atoms with E-state index in [0.717, 1.165) is 0 Å². The van der Waals surface area contributed by atoms with Gasteiger partial charge in [0.25, 0.3) is 0 Å². The number of ether oxygens (including phenoxy) is 1. The van der Waals surface area contributed by atoms with Crippen LogP contribution in [0.2, 0.25) is 0 Å². The van der Waals surface area contributed by atoms with Crippen LogP contribution in [-0.4, -0.2) is 26.2 Å². The highest BCUT2D eigenvalue weighted by Crippen LogP contribution is 2.70. The van der Waals surface area contributed by atoms with Gasteiger partial charge in [-0.15, -0.1) is 0 Å². The van der Waals surface area contributed by atoms with Crippen molar-refractivity contribution in [2.75, 3.05) is 6.61 Å². The summed E-state index contributed by atoms with van der Waals surface area (Å²) in [5, 5.41) is -4.48. The quantitative estimate of drug-likeness (QED) is 0.329. The van der Waals surface area contributed by atoms with E-state index >= 15 is 8.78 Å². The smallest absolute Gasteiger partial charge is 0.403 e. The average molecular weight is 509 g/mol. The lowest BCUT2D eigenvalue weighted by molar-refractivity contribution is -0.158. The molecular weight excluding hydrogens is 482 g/mol. The molecule has 0 atom stereocenters. The summed E-state index contributed by atoms with van der Waals surface area (Å²) in [7, 11) is -8.73. The molecular formula is C25H26F2O5S2. The third kappa shape index (κ3) is 5.32. The minimum absolute atomic E-state index is 0.415. The lowest BCUT2D eigenvalue weighted by Crippen LogP contribution is -2.38. The van der Waals surface area contributed by atoms with Crippen LogP contribution in [0.1, 0.15) is 20.8 Å². The molecule has 3 aromatic rings. The van der Waals surface area contributed by atoms with Crippen LogP contribution in [0.25, 0.3) is 0 Å². The van der Waals surface area contributed by atoms with E-state index in [1.807, 2.05) is 0 Å². The summed E-state index contributed by atoms with van der Waals surface area (Å²) in [5.74, 6) is -0.949. The maximum atomic E-state index is 15.1. The van der Waals surface area contributed by atoms with Crippen molar-refractivity contribution in [2.45, 2.75) is 40.7 Å². The molecule has 182 valence electrons. The molecule has 3 rings (SSSR count). The first-order valence-electron chi connectivity index (χ1n) is 10.4. The van der Waals surface area contributed by atoms with E-state index in [2.05, 4.69) is 4.74 Å². The molecule has 0 aliphatic heterocycles. The van der Waals surface area contributed by atoms with E-state index < -0.39 is 43.7 Å². The SMILES string of the molecule is CC(C)(C)C(=O)OCC(F)(F)S(=O)(=O)OS(c1ccccc1)(c1ccccc1)c1ccccc1. The zero-order valence-electron chi connectivity index (χ0n) is 19.0. The predicted octanol–water partition coefficient (Wildman–Crippen LogP) is 6.41. The fourth-order valence-electron chi connectivity index (χ4n) is 2.98. The lowest BCUT2D eigenvalue weighted by atomic mass is 9.97. The number of rotatable bonds is 8. The highest BCUT2D eigenvalue weighted by molar-refractivity contribution is 8.33. The van der Waals surface area contributed by atoms with Crippen LogP contribution in [0.5, 0.6) is 0 Å². The average Bonchev–Trinajstić information content (AvgIpc) is 2.82. The van der Waals surface area contributed by atoms with Gasteiger partial charge < -0.3 is 4.74 Å². The highest BCUT2D eigenvalue weighted by atomic mass is 32.3. The molecule has 3 aromatic carbocycles. The first kappa shape index (κ1) is 25.9. The Hall–Kier alpha value is -2.75. The second-order valence-electron chi connectivity index (χ2n) is 8.48. The Bertz CT molecular complexity index is 1110. The Morgan fingerprint density at radius 3 is 1.41 bits per heavy atom. The lowest BCUT2D eigenvalue weighted by Gasteiger charge is -2.40. The molecule has 0 aliphatic carbocycles. The van der Waals surface area contributed by atoms with Crippen LogP contribution in [-0.2, 0) is 23.3 Å². The fourth-order valence-corrected chi connectivity index (χ4v) is 8.04. The van der Waals surface area contributed by atoms with Crippen LogP contribution in [0.15, 0.2) is 106 Å². The van der Waals surface area contributed by atoms with Gasteiger partial charge in [-0.2, -0.15) is 17.2 Å². The Labute approximate surface area is 200 Å². The number of esters is 1. The third-order valence-corrected chi connectivity index (χ3v) is 9.96. The summed E-state index contributed by atoms with van der Waals surface area (Å²) < 4.78 is 66.5. The van der Waals surface area contributed by atoms with Gasteiger partial charge in [-0.05, 0) is 67.5 Å². The highest BCUT2D eigenvalue weighted by Gasteiger charge is 2.52. The molecule has 0 N–H and O–H groups in total. The molecule has 0 aliphatic rings. The summed E-state index contributed by atoms with van der Waals surface area (Å²) in [6, 6.07) is 25.1. The van der Waals surface area contributed by atoms with Gasteiger partial charge in [0.1, 0.15) is 0 Å². The van der Waals surface area contributed by atoms with Gasteiger partial charge in [0.05, 0.1) is 5.41 Å². The Kier molecular flexibility index (Phi) is 7.50. The predicted molar refractivity (Wildman–Crippen MR) is 127 cm³/mol. The minimum Gasteiger partial charge on any atom is -0.458 e. The standard InChI is InChI=1S/C25H26F2O5S2/c1-24(2,3)23(28)31-19-25(26,27)34(29,30)32-33(20-13-7-4-8-14-20,21-15-9-5-10-16-21)22-17-11-6-12-18-22/h4-18H,19H2,1-3H3. The molecule has 0 fully saturated rings. The maximum absolute atomic E-state index is 15.1. The minimum atomic E-state index is -5.58. The van der Waals surface area contributed by atoms with Crippen molar-refractivity contribution >= 4 is 26.4 Å². The molecule has 0 heterocycles. The molecule has 0 saturated carbocycles. The molecule has 0 aromatic heterocycles. The number of alkyl halides is 2. The fraction of sp³-hybridized carbons (Fsp3) is 0.240. The van der Waals surface area contributed by atoms with E-state index in [1.165, 1.54) is 20.8 Å². The van der Waals surface area contributed by atoms with Crippen LogP contribution < -0.4 is 0 Å². The first-order chi connectivity index (χ1) is 15.9. The van der Waals surface area contributed by atoms with E-state index in [4.69, 9.17) is 3.63 Å². The largest absolute Gasteiger partial charge is 0.458 e. The van der Waals surface area contributed by atoms with Gasteiger partial charge in [0.2, 0.25) is 0 Å². The normalized spacial score (nSPS) is 13.3. The monoisotopic (exact) mass is 508 g/mol. The second kappa shape index (κ2) is 9.85. The summed E-state index contributed by atoms with van der Waals surface area (Å²) in [4.78, 5) is 13.2. The van der Waals surface area contributed by atoms with E-state index in [-0.39, 0.29) is 0 Å². The van der Waals surface area contributed by atoms with Crippen molar-refractivity contribution in [1.29, 1.82) is 0 Å². The summed E-state index contributed by atoms with van der Waals surface area (Å²) in [6.45, 7) is 2.79. The molecule has 0 saturated heterocycles. The number of benzene rings is 3. The summed E-state index contributed by atoms with van der Waals surface area (Å²) >= 11 is 0. The van der Waals surface area contributed by atoms with Crippen molar-refractivity contribution in [2.24, 2.45) is 5.41 Å². The van der Waals surface area contributed by atoms with Gasteiger partial charge in [0, 0.05) is 14.7 Å². The molecule has 0 amide bonds. The second-order valence-corrected chi connectivity index (χ2v) is 13.1. The van der Waals surface area contributed by atoms with Crippen LogP contribution in [0, 0.1) is 5.41 Å². The molecule has 0 bridgehead atoms. The van der Waals surface area contributed by atoms with Crippen LogP contribution in [0.3, 0.4) is 0 Å². The van der Waals surface area contributed by atoms with Crippen molar-refractivity contribution < 1.29 is 30.4 Å². The van der Waals surface area contributed by atoms with Crippen LogP contribution in [0.4, 0.5) is 8.78 Å². The van der Waals surface area contributed by atoms with Crippen LogP contribution >= 0.6 is 10.3 Å². The third-order valence-electron chi connectivity index (χ3n) is 4.77. The van der Waals surface area contributed by atoms with E-state index in [9.17, 15) is 13.2 Å². The number of carbonyl (C=O) groups excluding carboxylic acids is 1. The molecule has 5 nitrogen and oxygen atoms in total. The van der Waals surface area contributed by atoms with Gasteiger partial charge in [0.15, 0.2) is 6.61 Å². The Balaban J connectivity index is 2.15. The van der Waals surface area contributed by atoms with E-state index in [1.54, 1.807) is 91.0 Å². The number of hydrogen-bond acceptors (Lipinski definition) is 5. The molecule has 0 unspecified atom stereocenters. The zero-order valence-corrected chi connectivity index (χ0v) is 20.6. The van der Waals surface area contributed by atoms with Crippen molar-refractivity contribution in [3.05, 3.63) is 91.0 Å². The number of carbonyl (C=O) groups is 1. The topological polar surface area (TPSA) is 69.7 Å². The Morgan fingerprint density at radius 2 is 1.09 bits per heavy atom. The maximum Gasteiger partial charge on any atom is 0.403 e. The van der Waals surface area contributed by atoms with Gasteiger partial charge in [-0.25, -0.2) is 3.63 Å². The molecule has 0 radical (unpaired) electrons. The van der Waals surface area contributed by atoms with Gasteiger partial charge in [-0.1, -0.05) is 54.6 Å². The van der Waals surface area contributed by atoms with E-state index in [0.29, 0.717) is 14.7 Å². The summed E-state index contributed by atoms with van der Waals surface area (Å²) in [5.41, 5.74) is -1.08. The van der Waals surface area contributed by atoms with Crippen molar-refractivity contribution in [3.8, 4) is 0 Å². The molecule has 34 heavy (non-hydrogen) atoms. The summed E-state index contributed by atoms with van der Waals surface area (Å²) in [6.07, 6.45) is 0. The van der Waals surface area contributed by atoms with Gasteiger partial charge in [-0.3, -0.25) is 4.79 Å². The first-order valence-corrected chi connectivity index (χ1v) is 13.4. The molecule has 0 spiro atoms. The number of hydrogen-bond donors (Lipinski definition) is 0. The van der Waals surface area contributed by atoms with Crippen molar-refractivity contribution in [3.63, 3.8) is 0 Å². The zero-order chi connectivity index (χ0) is 25.0. The number of halogens is 2.